The van der Waals surface area contributed by atoms with Crippen LogP contribution >= 0.6 is 22.6 Å². The molecular formula is C13H14IN3O. The second kappa shape index (κ2) is 5.99. The standard InChI is InChI=1S/C13H14IN3O/c1-17-6-5-12(16-17)9-15-13(18)8-10-3-2-4-11(14)7-10/h2-7H,8-9H2,1H3,(H,15,18). The maximum absolute atomic E-state index is 11.8. The summed E-state index contributed by atoms with van der Waals surface area (Å²) in [5, 5.41) is 7.07. The van der Waals surface area contributed by atoms with Crippen LogP contribution in [0.1, 0.15) is 11.3 Å². The molecule has 1 amide bonds. The molecule has 0 saturated heterocycles. The van der Waals surface area contributed by atoms with Gasteiger partial charge in [-0.25, -0.2) is 0 Å². The van der Waals surface area contributed by atoms with Crippen LogP contribution < -0.4 is 5.32 Å². The van der Waals surface area contributed by atoms with Crippen molar-refractivity contribution in [3.8, 4) is 0 Å². The summed E-state index contributed by atoms with van der Waals surface area (Å²) in [7, 11) is 1.86. The van der Waals surface area contributed by atoms with Crippen molar-refractivity contribution in [1.82, 2.24) is 15.1 Å². The molecule has 0 saturated carbocycles. The van der Waals surface area contributed by atoms with E-state index in [1.807, 2.05) is 43.6 Å². The molecule has 2 rings (SSSR count). The Labute approximate surface area is 120 Å². The minimum absolute atomic E-state index is 0.0163. The van der Waals surface area contributed by atoms with Gasteiger partial charge in [-0.1, -0.05) is 12.1 Å². The van der Waals surface area contributed by atoms with Crippen LogP contribution in [0.15, 0.2) is 36.5 Å². The first-order valence-electron chi connectivity index (χ1n) is 5.63. The minimum Gasteiger partial charge on any atom is -0.350 e. The molecule has 2 aromatic rings. The lowest BCUT2D eigenvalue weighted by molar-refractivity contribution is -0.120. The number of benzene rings is 1. The Balaban J connectivity index is 1.85. The summed E-state index contributed by atoms with van der Waals surface area (Å²) >= 11 is 2.24. The molecule has 0 aliphatic rings. The van der Waals surface area contributed by atoms with Gasteiger partial charge in [0.1, 0.15) is 0 Å². The lowest BCUT2D eigenvalue weighted by Crippen LogP contribution is -2.24. The number of aromatic nitrogens is 2. The molecule has 0 aliphatic carbocycles. The lowest BCUT2D eigenvalue weighted by Gasteiger charge is -2.04. The number of nitrogens with zero attached hydrogens (tertiary/aromatic N) is 2. The van der Waals surface area contributed by atoms with Crippen LogP contribution in [-0.2, 0) is 24.8 Å². The number of carbonyl (C=O) groups excluding carboxylic acids is 1. The van der Waals surface area contributed by atoms with E-state index in [0.717, 1.165) is 14.8 Å². The predicted molar refractivity (Wildman–Crippen MR) is 77.9 cm³/mol. The largest absolute Gasteiger partial charge is 0.350 e. The van der Waals surface area contributed by atoms with Crippen molar-refractivity contribution in [1.29, 1.82) is 0 Å². The van der Waals surface area contributed by atoms with E-state index in [1.165, 1.54) is 0 Å². The van der Waals surface area contributed by atoms with Gasteiger partial charge >= 0.3 is 0 Å². The fourth-order valence-electron chi connectivity index (χ4n) is 1.64. The topological polar surface area (TPSA) is 46.9 Å². The lowest BCUT2D eigenvalue weighted by atomic mass is 10.1. The number of hydrogen-bond donors (Lipinski definition) is 1. The number of amides is 1. The summed E-state index contributed by atoms with van der Waals surface area (Å²) in [6, 6.07) is 9.84. The minimum atomic E-state index is 0.0163. The van der Waals surface area contributed by atoms with Crippen LogP contribution in [0.5, 0.6) is 0 Å². The third-order valence-corrected chi connectivity index (χ3v) is 3.16. The van der Waals surface area contributed by atoms with E-state index < -0.39 is 0 Å². The second-order valence-corrected chi connectivity index (χ2v) is 5.31. The molecule has 0 bridgehead atoms. The zero-order valence-electron chi connectivity index (χ0n) is 10.1. The molecule has 0 fully saturated rings. The van der Waals surface area contributed by atoms with Crippen LogP contribution in [0.25, 0.3) is 0 Å². The Kier molecular flexibility index (Phi) is 4.35. The van der Waals surface area contributed by atoms with Crippen molar-refractivity contribution in [3.63, 3.8) is 0 Å². The molecule has 4 nitrogen and oxygen atoms in total. The Morgan fingerprint density at radius 3 is 2.94 bits per heavy atom. The summed E-state index contributed by atoms with van der Waals surface area (Å²) in [5.41, 5.74) is 1.90. The summed E-state index contributed by atoms with van der Waals surface area (Å²) in [6.07, 6.45) is 2.27. The van der Waals surface area contributed by atoms with E-state index in [0.29, 0.717) is 13.0 Å². The van der Waals surface area contributed by atoms with Crippen LogP contribution in [0.3, 0.4) is 0 Å². The van der Waals surface area contributed by atoms with E-state index in [4.69, 9.17) is 0 Å². The summed E-state index contributed by atoms with van der Waals surface area (Å²) in [6.45, 7) is 0.476. The summed E-state index contributed by atoms with van der Waals surface area (Å²) in [5.74, 6) is 0.0163. The van der Waals surface area contributed by atoms with Gasteiger partial charge in [-0.05, 0) is 46.4 Å². The summed E-state index contributed by atoms with van der Waals surface area (Å²) < 4.78 is 2.86. The maximum Gasteiger partial charge on any atom is 0.224 e. The van der Waals surface area contributed by atoms with Crippen LogP contribution in [-0.4, -0.2) is 15.7 Å². The molecule has 18 heavy (non-hydrogen) atoms. The van der Waals surface area contributed by atoms with Crippen molar-refractivity contribution in [2.24, 2.45) is 7.05 Å². The number of halogens is 1. The van der Waals surface area contributed by atoms with Gasteiger partial charge in [0.25, 0.3) is 0 Å². The number of rotatable bonds is 4. The van der Waals surface area contributed by atoms with Gasteiger partial charge in [0.15, 0.2) is 0 Å². The highest BCUT2D eigenvalue weighted by molar-refractivity contribution is 14.1. The van der Waals surface area contributed by atoms with Gasteiger partial charge in [0.2, 0.25) is 5.91 Å². The van der Waals surface area contributed by atoms with Crippen LogP contribution in [0.4, 0.5) is 0 Å². The maximum atomic E-state index is 11.8. The van der Waals surface area contributed by atoms with Crippen molar-refractivity contribution in [2.45, 2.75) is 13.0 Å². The van der Waals surface area contributed by atoms with E-state index in [9.17, 15) is 4.79 Å². The van der Waals surface area contributed by atoms with E-state index in [-0.39, 0.29) is 5.91 Å². The highest BCUT2D eigenvalue weighted by atomic mass is 127. The van der Waals surface area contributed by atoms with E-state index in [1.54, 1.807) is 4.68 Å². The SMILES string of the molecule is Cn1ccc(CNC(=O)Cc2cccc(I)c2)n1. The zero-order valence-corrected chi connectivity index (χ0v) is 12.2. The Hall–Kier alpha value is -1.37. The normalized spacial score (nSPS) is 10.3. The second-order valence-electron chi connectivity index (χ2n) is 4.06. The Morgan fingerprint density at radius 1 is 1.44 bits per heavy atom. The van der Waals surface area contributed by atoms with Crippen molar-refractivity contribution in [3.05, 3.63) is 51.4 Å². The van der Waals surface area contributed by atoms with Crippen molar-refractivity contribution in [2.75, 3.05) is 0 Å². The Morgan fingerprint density at radius 2 is 2.28 bits per heavy atom. The molecule has 0 spiro atoms. The molecule has 1 heterocycles. The van der Waals surface area contributed by atoms with Crippen LogP contribution in [0.2, 0.25) is 0 Å². The van der Waals surface area contributed by atoms with Gasteiger partial charge in [-0.15, -0.1) is 0 Å². The fourth-order valence-corrected chi connectivity index (χ4v) is 2.25. The molecule has 0 unspecified atom stereocenters. The molecule has 1 aromatic carbocycles. The van der Waals surface area contributed by atoms with Gasteiger partial charge in [-0.2, -0.15) is 5.10 Å². The van der Waals surface area contributed by atoms with Gasteiger partial charge in [0, 0.05) is 16.8 Å². The fraction of sp³-hybridized carbons (Fsp3) is 0.231. The van der Waals surface area contributed by atoms with Gasteiger partial charge in [-0.3, -0.25) is 9.48 Å². The average Bonchev–Trinajstić information content (AvgIpc) is 2.73. The highest BCUT2D eigenvalue weighted by Gasteiger charge is 2.04. The number of aryl methyl sites for hydroxylation is 1. The summed E-state index contributed by atoms with van der Waals surface area (Å²) in [4.78, 5) is 11.8. The van der Waals surface area contributed by atoms with E-state index in [2.05, 4.69) is 33.0 Å². The van der Waals surface area contributed by atoms with Crippen LogP contribution in [0, 0.1) is 3.57 Å². The first kappa shape index (κ1) is 13.1. The number of nitrogens with one attached hydrogen (secondary N) is 1. The first-order valence-corrected chi connectivity index (χ1v) is 6.71. The average molecular weight is 355 g/mol. The molecule has 5 heteroatoms. The zero-order chi connectivity index (χ0) is 13.0. The molecule has 0 aliphatic heterocycles. The third kappa shape index (κ3) is 3.83. The molecule has 1 N–H and O–H groups in total. The quantitative estimate of drug-likeness (QED) is 0.852. The molecule has 94 valence electrons. The number of carbonyl (C=O) groups is 1. The predicted octanol–water partition coefficient (Wildman–Crippen LogP) is 1.88. The smallest absolute Gasteiger partial charge is 0.224 e. The van der Waals surface area contributed by atoms with E-state index >= 15 is 0 Å². The molecule has 1 aromatic heterocycles. The van der Waals surface area contributed by atoms with Gasteiger partial charge < -0.3 is 5.32 Å². The van der Waals surface area contributed by atoms with Gasteiger partial charge in [0.05, 0.1) is 18.7 Å². The van der Waals surface area contributed by atoms with Crippen molar-refractivity contribution < 1.29 is 4.79 Å². The van der Waals surface area contributed by atoms with Crippen molar-refractivity contribution >= 4 is 28.5 Å². The molecule has 0 atom stereocenters. The molecular weight excluding hydrogens is 341 g/mol. The monoisotopic (exact) mass is 355 g/mol. The Bertz CT molecular complexity index is 551. The molecule has 0 radical (unpaired) electrons. The first-order chi connectivity index (χ1) is 8.63. The number of hydrogen-bond acceptors (Lipinski definition) is 2. The highest BCUT2D eigenvalue weighted by Crippen LogP contribution is 2.08. The third-order valence-electron chi connectivity index (χ3n) is 2.49.